The molecule has 1 unspecified atom stereocenters. The summed E-state index contributed by atoms with van der Waals surface area (Å²) >= 11 is 3.30. The van der Waals surface area contributed by atoms with Crippen molar-refractivity contribution in [3.05, 3.63) is 22.2 Å². The Kier molecular flexibility index (Phi) is 4.77. The van der Waals surface area contributed by atoms with Crippen molar-refractivity contribution in [1.29, 1.82) is 0 Å². The van der Waals surface area contributed by atoms with Crippen LogP contribution in [0, 0.1) is 0 Å². The van der Waals surface area contributed by atoms with Crippen LogP contribution in [0.4, 0.5) is 0 Å². The Labute approximate surface area is 108 Å². The summed E-state index contributed by atoms with van der Waals surface area (Å²) in [6.45, 7) is 2.34. The van der Waals surface area contributed by atoms with E-state index in [0.717, 1.165) is 0 Å². The molecule has 1 aromatic carbocycles. The molecule has 0 aromatic heterocycles. The van der Waals surface area contributed by atoms with Crippen molar-refractivity contribution in [2.24, 2.45) is 5.73 Å². The average Bonchev–Trinajstić information content (AvgIpc) is 2.30. The molecule has 3 N–H and O–H groups in total. The standard InChI is InChI=1S/C11H14BrNO4/c1-3-17-10-7(12)4-6(5-8(10)16-2)9(13)11(14)15/h4-5,9H,3,13H2,1-2H3,(H,14,15). The summed E-state index contributed by atoms with van der Waals surface area (Å²) in [4.78, 5) is 10.8. The number of halogens is 1. The van der Waals surface area contributed by atoms with Crippen LogP contribution in [0.5, 0.6) is 11.5 Å². The maximum Gasteiger partial charge on any atom is 0.325 e. The van der Waals surface area contributed by atoms with Crippen LogP contribution in [0.3, 0.4) is 0 Å². The number of ether oxygens (including phenoxy) is 2. The van der Waals surface area contributed by atoms with Gasteiger partial charge in [-0.1, -0.05) is 0 Å². The molecule has 0 spiro atoms. The Morgan fingerprint density at radius 2 is 2.24 bits per heavy atom. The number of benzene rings is 1. The second-order valence-electron chi connectivity index (χ2n) is 3.28. The second-order valence-corrected chi connectivity index (χ2v) is 4.14. The first kappa shape index (κ1) is 13.8. The zero-order valence-electron chi connectivity index (χ0n) is 9.57. The van der Waals surface area contributed by atoms with Gasteiger partial charge in [0, 0.05) is 0 Å². The topological polar surface area (TPSA) is 81.8 Å². The largest absolute Gasteiger partial charge is 0.493 e. The minimum Gasteiger partial charge on any atom is -0.493 e. The molecule has 0 aliphatic carbocycles. The summed E-state index contributed by atoms with van der Waals surface area (Å²) in [5, 5.41) is 8.85. The third-order valence-electron chi connectivity index (χ3n) is 2.17. The van der Waals surface area contributed by atoms with Crippen molar-refractivity contribution in [2.45, 2.75) is 13.0 Å². The number of nitrogens with two attached hydrogens (primary N) is 1. The van der Waals surface area contributed by atoms with E-state index < -0.39 is 12.0 Å². The monoisotopic (exact) mass is 303 g/mol. The Balaban J connectivity index is 3.21. The fourth-order valence-electron chi connectivity index (χ4n) is 1.35. The first-order valence-electron chi connectivity index (χ1n) is 4.99. The van der Waals surface area contributed by atoms with Gasteiger partial charge in [-0.2, -0.15) is 0 Å². The molecule has 0 amide bonds. The zero-order valence-corrected chi connectivity index (χ0v) is 11.2. The van der Waals surface area contributed by atoms with Gasteiger partial charge in [-0.05, 0) is 40.5 Å². The van der Waals surface area contributed by atoms with Gasteiger partial charge in [0.05, 0.1) is 18.2 Å². The van der Waals surface area contributed by atoms with Gasteiger partial charge >= 0.3 is 5.97 Å². The van der Waals surface area contributed by atoms with Crippen molar-refractivity contribution >= 4 is 21.9 Å². The molecule has 17 heavy (non-hydrogen) atoms. The van der Waals surface area contributed by atoms with E-state index >= 15 is 0 Å². The molecule has 0 aliphatic rings. The lowest BCUT2D eigenvalue weighted by Gasteiger charge is -2.15. The minimum atomic E-state index is -1.09. The van der Waals surface area contributed by atoms with E-state index in [9.17, 15) is 4.79 Å². The summed E-state index contributed by atoms with van der Waals surface area (Å²) in [5.74, 6) is -0.104. The number of carbonyl (C=O) groups is 1. The Bertz CT molecular complexity index is 422. The number of hydrogen-bond acceptors (Lipinski definition) is 4. The summed E-state index contributed by atoms with van der Waals surface area (Å²) < 4.78 is 11.2. The normalized spacial score (nSPS) is 12.0. The van der Waals surface area contributed by atoms with Gasteiger partial charge in [-0.25, -0.2) is 0 Å². The van der Waals surface area contributed by atoms with Crippen molar-refractivity contribution < 1.29 is 19.4 Å². The van der Waals surface area contributed by atoms with Gasteiger partial charge in [0.15, 0.2) is 11.5 Å². The molecule has 0 saturated heterocycles. The summed E-state index contributed by atoms with van der Waals surface area (Å²) in [6.07, 6.45) is 0. The highest BCUT2D eigenvalue weighted by Crippen LogP contribution is 2.37. The number of rotatable bonds is 5. The smallest absolute Gasteiger partial charge is 0.325 e. The second kappa shape index (κ2) is 5.88. The summed E-state index contributed by atoms with van der Waals surface area (Å²) in [6, 6.07) is 2.09. The molecule has 0 heterocycles. The first-order chi connectivity index (χ1) is 8.01. The highest BCUT2D eigenvalue weighted by Gasteiger charge is 2.19. The molecular weight excluding hydrogens is 290 g/mol. The molecule has 0 saturated carbocycles. The van der Waals surface area contributed by atoms with Crippen molar-refractivity contribution in [3.8, 4) is 11.5 Å². The van der Waals surface area contributed by atoms with Crippen LogP contribution in [0.2, 0.25) is 0 Å². The first-order valence-corrected chi connectivity index (χ1v) is 5.79. The summed E-state index contributed by atoms with van der Waals surface area (Å²) in [5.41, 5.74) is 5.99. The number of aliphatic carboxylic acids is 1. The number of hydrogen-bond donors (Lipinski definition) is 2. The lowest BCUT2D eigenvalue weighted by molar-refractivity contribution is -0.138. The van der Waals surface area contributed by atoms with Crippen LogP contribution in [-0.2, 0) is 4.79 Å². The number of methoxy groups -OCH3 is 1. The SMILES string of the molecule is CCOc1c(Br)cc(C(N)C(=O)O)cc1OC. The van der Waals surface area contributed by atoms with Crippen molar-refractivity contribution in [1.82, 2.24) is 0 Å². The van der Waals surface area contributed by atoms with E-state index in [1.165, 1.54) is 7.11 Å². The molecule has 0 bridgehead atoms. The zero-order chi connectivity index (χ0) is 13.0. The van der Waals surface area contributed by atoms with Gasteiger partial charge in [0.25, 0.3) is 0 Å². The van der Waals surface area contributed by atoms with E-state index in [-0.39, 0.29) is 0 Å². The van der Waals surface area contributed by atoms with Gasteiger partial charge in [0.2, 0.25) is 0 Å². The predicted molar refractivity (Wildman–Crippen MR) is 66.4 cm³/mol. The van der Waals surface area contributed by atoms with Crippen LogP contribution in [0.1, 0.15) is 18.5 Å². The molecule has 1 atom stereocenters. The van der Waals surface area contributed by atoms with Gasteiger partial charge in [-0.3, -0.25) is 4.79 Å². The molecule has 6 heteroatoms. The van der Waals surface area contributed by atoms with Crippen LogP contribution in [0.25, 0.3) is 0 Å². The predicted octanol–water partition coefficient (Wildman–Crippen LogP) is 1.94. The highest BCUT2D eigenvalue weighted by atomic mass is 79.9. The molecule has 0 radical (unpaired) electrons. The minimum absolute atomic E-state index is 0.449. The molecule has 0 aliphatic heterocycles. The van der Waals surface area contributed by atoms with Gasteiger partial charge in [0.1, 0.15) is 6.04 Å². The van der Waals surface area contributed by atoms with E-state index in [1.54, 1.807) is 12.1 Å². The summed E-state index contributed by atoms with van der Waals surface area (Å²) in [7, 11) is 1.49. The van der Waals surface area contributed by atoms with Gasteiger partial charge in [-0.15, -0.1) is 0 Å². The molecule has 1 rings (SSSR count). The van der Waals surface area contributed by atoms with Gasteiger partial charge < -0.3 is 20.3 Å². The fraction of sp³-hybridized carbons (Fsp3) is 0.364. The van der Waals surface area contributed by atoms with E-state index in [0.29, 0.717) is 28.1 Å². The molecule has 0 fully saturated rings. The van der Waals surface area contributed by atoms with Crippen LogP contribution in [-0.4, -0.2) is 24.8 Å². The molecule has 94 valence electrons. The van der Waals surface area contributed by atoms with E-state index in [1.807, 2.05) is 6.92 Å². The van der Waals surface area contributed by atoms with Crippen LogP contribution < -0.4 is 15.2 Å². The molecule has 1 aromatic rings. The Morgan fingerprint density at radius 3 is 2.71 bits per heavy atom. The quantitative estimate of drug-likeness (QED) is 0.869. The van der Waals surface area contributed by atoms with Crippen molar-refractivity contribution in [2.75, 3.05) is 13.7 Å². The van der Waals surface area contributed by atoms with E-state index in [2.05, 4.69) is 15.9 Å². The Hall–Kier alpha value is -1.27. The molecule has 5 nitrogen and oxygen atoms in total. The highest BCUT2D eigenvalue weighted by molar-refractivity contribution is 9.10. The van der Waals surface area contributed by atoms with Crippen LogP contribution >= 0.6 is 15.9 Å². The number of carboxylic acid groups (broad SMARTS) is 1. The lowest BCUT2D eigenvalue weighted by Crippen LogP contribution is -2.20. The van der Waals surface area contributed by atoms with Crippen LogP contribution in [0.15, 0.2) is 16.6 Å². The number of carboxylic acids is 1. The lowest BCUT2D eigenvalue weighted by atomic mass is 10.1. The maximum atomic E-state index is 10.8. The molecular formula is C11H14BrNO4. The van der Waals surface area contributed by atoms with Crippen molar-refractivity contribution in [3.63, 3.8) is 0 Å². The average molecular weight is 304 g/mol. The fourth-order valence-corrected chi connectivity index (χ4v) is 1.92. The third-order valence-corrected chi connectivity index (χ3v) is 2.75. The van der Waals surface area contributed by atoms with E-state index in [4.69, 9.17) is 20.3 Å². The Morgan fingerprint density at radius 1 is 1.59 bits per heavy atom. The maximum absolute atomic E-state index is 10.8. The third kappa shape index (κ3) is 3.10.